The maximum absolute atomic E-state index is 3.89. The summed E-state index contributed by atoms with van der Waals surface area (Å²) in [7, 11) is 0. The molecule has 3 rings (SSSR count). The van der Waals surface area contributed by atoms with E-state index < -0.39 is 0 Å². The largest absolute Gasteiger partial charge is 0.103 e. The lowest BCUT2D eigenvalue weighted by Crippen LogP contribution is -2.30. The van der Waals surface area contributed by atoms with Gasteiger partial charge in [-0.05, 0) is 92.6 Å². The van der Waals surface area contributed by atoms with Crippen molar-refractivity contribution in [1.82, 2.24) is 0 Å². The highest BCUT2D eigenvalue weighted by atomic mass is 14.4. The Labute approximate surface area is 149 Å². The number of benzene rings is 1. The van der Waals surface area contributed by atoms with Crippen LogP contribution in [0.3, 0.4) is 0 Å². The standard InChI is InChI=1S/C24H34/c1-3-5-7-19-9-12-21(13-10-19)23-16-15-22-17-20(8-6-4-2)11-14-24(22)18-23/h3-4,9-10,12-13,20,22-24H,1-2,5-8,11,14-18H2/t20-,22-,23?,24-/m1/s1. The molecule has 2 fully saturated rings. The van der Waals surface area contributed by atoms with E-state index >= 15 is 0 Å². The molecule has 1 aromatic rings. The molecule has 2 aliphatic rings. The highest BCUT2D eigenvalue weighted by Gasteiger charge is 2.35. The molecule has 24 heavy (non-hydrogen) atoms. The second kappa shape index (κ2) is 8.70. The van der Waals surface area contributed by atoms with Crippen LogP contribution in [0.2, 0.25) is 0 Å². The molecule has 0 N–H and O–H groups in total. The number of hydrogen-bond donors (Lipinski definition) is 0. The van der Waals surface area contributed by atoms with Gasteiger partial charge in [0.05, 0.1) is 0 Å². The number of rotatable bonds is 7. The fraction of sp³-hybridized carbons (Fsp3) is 0.583. The Kier molecular flexibility index (Phi) is 6.35. The van der Waals surface area contributed by atoms with Crippen LogP contribution >= 0.6 is 0 Å². The molecule has 130 valence electrons. The maximum atomic E-state index is 3.89. The lowest BCUT2D eigenvalue weighted by atomic mass is 9.63. The van der Waals surface area contributed by atoms with Crippen LogP contribution in [-0.2, 0) is 6.42 Å². The van der Waals surface area contributed by atoms with Crippen molar-refractivity contribution in [1.29, 1.82) is 0 Å². The quantitative estimate of drug-likeness (QED) is 0.471. The van der Waals surface area contributed by atoms with E-state index in [-0.39, 0.29) is 0 Å². The van der Waals surface area contributed by atoms with E-state index in [2.05, 4.69) is 43.5 Å². The van der Waals surface area contributed by atoms with Gasteiger partial charge >= 0.3 is 0 Å². The molecule has 4 atom stereocenters. The third kappa shape index (κ3) is 4.41. The summed E-state index contributed by atoms with van der Waals surface area (Å²) in [6, 6.07) is 9.49. The highest BCUT2D eigenvalue weighted by Crippen LogP contribution is 2.48. The van der Waals surface area contributed by atoms with Crippen LogP contribution in [0.15, 0.2) is 49.6 Å². The van der Waals surface area contributed by atoms with E-state index in [9.17, 15) is 0 Å². The third-order valence-corrected chi connectivity index (χ3v) is 6.59. The molecule has 0 saturated heterocycles. The number of allylic oxidation sites excluding steroid dienone is 2. The summed E-state index contributed by atoms with van der Waals surface area (Å²) in [5.41, 5.74) is 3.04. The summed E-state index contributed by atoms with van der Waals surface area (Å²) in [4.78, 5) is 0. The molecule has 2 saturated carbocycles. The SMILES string of the molecule is C=CCCc1ccc(C2CC[C@@H]3C[C@H](CCC=C)CC[C@@H]3C2)cc1. The molecule has 0 bridgehead atoms. The molecule has 0 radical (unpaired) electrons. The second-order valence-corrected chi connectivity index (χ2v) is 8.14. The van der Waals surface area contributed by atoms with E-state index in [1.54, 1.807) is 5.56 Å². The van der Waals surface area contributed by atoms with Gasteiger partial charge in [-0.15, -0.1) is 13.2 Å². The molecule has 2 aliphatic carbocycles. The minimum absolute atomic E-state index is 0.810. The minimum atomic E-state index is 0.810. The first-order valence-electron chi connectivity index (χ1n) is 10.1. The van der Waals surface area contributed by atoms with Gasteiger partial charge in [-0.2, -0.15) is 0 Å². The molecule has 0 heteroatoms. The molecular weight excluding hydrogens is 288 g/mol. The van der Waals surface area contributed by atoms with E-state index in [1.807, 2.05) is 6.08 Å². The Bertz CT molecular complexity index is 523. The molecule has 0 spiro atoms. The van der Waals surface area contributed by atoms with Crippen molar-refractivity contribution >= 4 is 0 Å². The summed E-state index contributed by atoms with van der Waals surface area (Å²) in [6.07, 6.45) is 17.6. The van der Waals surface area contributed by atoms with E-state index in [4.69, 9.17) is 0 Å². The van der Waals surface area contributed by atoms with Crippen molar-refractivity contribution in [3.63, 3.8) is 0 Å². The van der Waals surface area contributed by atoms with Gasteiger partial charge in [0.15, 0.2) is 0 Å². The van der Waals surface area contributed by atoms with Crippen LogP contribution < -0.4 is 0 Å². The van der Waals surface area contributed by atoms with Crippen LogP contribution in [0.1, 0.15) is 74.8 Å². The lowest BCUT2D eigenvalue weighted by molar-refractivity contribution is 0.115. The fourth-order valence-corrected chi connectivity index (χ4v) is 5.13. The van der Waals surface area contributed by atoms with Crippen LogP contribution in [0.25, 0.3) is 0 Å². The summed E-state index contributed by atoms with van der Waals surface area (Å²) in [5.74, 6) is 3.79. The van der Waals surface area contributed by atoms with Crippen molar-refractivity contribution in [2.75, 3.05) is 0 Å². The molecule has 1 unspecified atom stereocenters. The number of fused-ring (bicyclic) bond motifs is 1. The Hall–Kier alpha value is -1.30. The Balaban J connectivity index is 1.54. The smallest absolute Gasteiger partial charge is 0.0159 e. The molecule has 0 aromatic heterocycles. The molecule has 0 nitrogen and oxygen atoms in total. The number of aryl methyl sites for hydroxylation is 1. The first-order valence-corrected chi connectivity index (χ1v) is 10.1. The second-order valence-electron chi connectivity index (χ2n) is 8.14. The molecule has 0 heterocycles. The maximum Gasteiger partial charge on any atom is -0.0159 e. The van der Waals surface area contributed by atoms with Crippen molar-refractivity contribution in [3.8, 4) is 0 Å². The molecular formula is C24H34. The summed E-state index contributed by atoms with van der Waals surface area (Å²) < 4.78 is 0. The van der Waals surface area contributed by atoms with Crippen LogP contribution in [-0.4, -0.2) is 0 Å². The summed E-state index contributed by atoms with van der Waals surface area (Å²) >= 11 is 0. The topological polar surface area (TPSA) is 0 Å². The summed E-state index contributed by atoms with van der Waals surface area (Å²) in [5, 5.41) is 0. The minimum Gasteiger partial charge on any atom is -0.103 e. The summed E-state index contributed by atoms with van der Waals surface area (Å²) in [6.45, 7) is 7.71. The zero-order valence-corrected chi connectivity index (χ0v) is 15.3. The van der Waals surface area contributed by atoms with Gasteiger partial charge in [0, 0.05) is 0 Å². The predicted octanol–water partition coefficient (Wildman–Crippen LogP) is 7.07. The van der Waals surface area contributed by atoms with E-state index in [0.717, 1.165) is 36.5 Å². The van der Waals surface area contributed by atoms with Gasteiger partial charge in [0.1, 0.15) is 0 Å². The lowest BCUT2D eigenvalue weighted by Gasteiger charge is -2.42. The normalized spacial score (nSPS) is 29.7. The molecule has 0 amide bonds. The highest BCUT2D eigenvalue weighted by molar-refractivity contribution is 5.26. The third-order valence-electron chi connectivity index (χ3n) is 6.59. The van der Waals surface area contributed by atoms with E-state index in [1.165, 1.54) is 56.9 Å². The van der Waals surface area contributed by atoms with Gasteiger partial charge in [0.2, 0.25) is 0 Å². The van der Waals surface area contributed by atoms with Gasteiger partial charge < -0.3 is 0 Å². The Morgan fingerprint density at radius 3 is 2.29 bits per heavy atom. The van der Waals surface area contributed by atoms with Crippen molar-refractivity contribution in [3.05, 3.63) is 60.7 Å². The fourth-order valence-electron chi connectivity index (χ4n) is 5.13. The van der Waals surface area contributed by atoms with Crippen LogP contribution in [0, 0.1) is 17.8 Å². The van der Waals surface area contributed by atoms with Crippen LogP contribution in [0.5, 0.6) is 0 Å². The van der Waals surface area contributed by atoms with E-state index in [0.29, 0.717) is 0 Å². The van der Waals surface area contributed by atoms with Crippen molar-refractivity contribution < 1.29 is 0 Å². The Morgan fingerprint density at radius 2 is 1.54 bits per heavy atom. The van der Waals surface area contributed by atoms with Crippen molar-refractivity contribution in [2.24, 2.45) is 17.8 Å². The van der Waals surface area contributed by atoms with Gasteiger partial charge in [-0.1, -0.05) is 42.8 Å². The Morgan fingerprint density at radius 1 is 0.833 bits per heavy atom. The van der Waals surface area contributed by atoms with Crippen LogP contribution in [0.4, 0.5) is 0 Å². The average molecular weight is 323 g/mol. The van der Waals surface area contributed by atoms with Gasteiger partial charge in [-0.25, -0.2) is 0 Å². The van der Waals surface area contributed by atoms with Gasteiger partial charge in [-0.3, -0.25) is 0 Å². The molecule has 1 aromatic carbocycles. The monoisotopic (exact) mass is 322 g/mol. The number of hydrogen-bond acceptors (Lipinski definition) is 0. The zero-order chi connectivity index (χ0) is 16.8. The first kappa shape index (κ1) is 17.5. The predicted molar refractivity (Wildman–Crippen MR) is 105 cm³/mol. The average Bonchev–Trinajstić information content (AvgIpc) is 2.64. The zero-order valence-electron chi connectivity index (χ0n) is 15.3. The van der Waals surface area contributed by atoms with Crippen molar-refractivity contribution in [2.45, 2.75) is 70.1 Å². The molecule has 0 aliphatic heterocycles. The first-order chi connectivity index (χ1) is 11.8. The van der Waals surface area contributed by atoms with Gasteiger partial charge in [0.25, 0.3) is 0 Å².